The van der Waals surface area contributed by atoms with Crippen molar-refractivity contribution in [3.8, 4) is 0 Å². The molecule has 0 aliphatic heterocycles. The average molecular weight is 240 g/mol. The van der Waals surface area contributed by atoms with E-state index in [1.807, 2.05) is 0 Å². The molecule has 0 N–H and O–H groups in total. The number of carbonyl (C=O) groups excluding carboxylic acids is 1. The zero-order valence-corrected chi connectivity index (χ0v) is 10.4. The summed E-state index contributed by atoms with van der Waals surface area (Å²) in [5.41, 5.74) is 0.314. The van der Waals surface area contributed by atoms with Gasteiger partial charge in [-0.2, -0.15) is 0 Å². The van der Waals surface area contributed by atoms with Crippen molar-refractivity contribution in [1.82, 2.24) is 0 Å². The van der Waals surface area contributed by atoms with Crippen LogP contribution in [0.15, 0.2) is 18.2 Å². The largest absolute Gasteiger partial charge is 0.462 e. The van der Waals surface area contributed by atoms with E-state index >= 15 is 0 Å². The standard InChI is InChI=1S/C13H16ClO2/c1-10(2)6-5-9-16-13(15)11-7-3-4-8-12(11)14/h3-4,8,10H,5-6,9H2,1-2H3. The van der Waals surface area contributed by atoms with E-state index < -0.39 is 5.97 Å². The SMILES string of the molecule is CC(C)CCCOC(=O)c1[c]cccc1Cl. The Morgan fingerprint density at radius 3 is 2.94 bits per heavy atom. The first-order valence-electron chi connectivity index (χ1n) is 5.44. The summed E-state index contributed by atoms with van der Waals surface area (Å²) in [5.74, 6) is 0.236. The number of hydrogen-bond acceptors (Lipinski definition) is 2. The van der Waals surface area contributed by atoms with Gasteiger partial charge in [0.15, 0.2) is 0 Å². The van der Waals surface area contributed by atoms with Crippen LogP contribution in [0.2, 0.25) is 5.02 Å². The molecular formula is C13H16ClO2. The Bertz CT molecular complexity index is 348. The predicted octanol–water partition coefficient (Wildman–Crippen LogP) is 3.73. The Hall–Kier alpha value is -1.02. The van der Waals surface area contributed by atoms with Gasteiger partial charge in [0.2, 0.25) is 0 Å². The second-order valence-corrected chi connectivity index (χ2v) is 4.47. The van der Waals surface area contributed by atoms with Gasteiger partial charge in [0.1, 0.15) is 0 Å². The molecule has 0 aliphatic carbocycles. The number of rotatable bonds is 5. The lowest BCUT2D eigenvalue weighted by Crippen LogP contribution is -2.07. The minimum atomic E-state index is -0.394. The van der Waals surface area contributed by atoms with Gasteiger partial charge in [0.25, 0.3) is 0 Å². The second-order valence-electron chi connectivity index (χ2n) is 4.07. The highest BCUT2D eigenvalue weighted by Crippen LogP contribution is 2.15. The lowest BCUT2D eigenvalue weighted by molar-refractivity contribution is 0.0494. The van der Waals surface area contributed by atoms with Crippen molar-refractivity contribution in [2.45, 2.75) is 26.7 Å². The predicted molar refractivity (Wildman–Crippen MR) is 64.6 cm³/mol. The Balaban J connectivity index is 2.39. The fourth-order valence-electron chi connectivity index (χ4n) is 1.30. The van der Waals surface area contributed by atoms with Crippen LogP contribution in [-0.2, 0) is 4.74 Å². The van der Waals surface area contributed by atoms with Crippen LogP contribution in [0.5, 0.6) is 0 Å². The fraction of sp³-hybridized carbons (Fsp3) is 0.462. The van der Waals surface area contributed by atoms with Crippen LogP contribution in [0.3, 0.4) is 0 Å². The first-order valence-corrected chi connectivity index (χ1v) is 5.82. The molecule has 0 bridgehead atoms. The maximum Gasteiger partial charge on any atom is 0.340 e. The van der Waals surface area contributed by atoms with Crippen LogP contribution < -0.4 is 0 Å². The van der Waals surface area contributed by atoms with Crippen LogP contribution in [-0.4, -0.2) is 12.6 Å². The Kier molecular flexibility index (Phi) is 5.33. The monoisotopic (exact) mass is 239 g/mol. The summed E-state index contributed by atoms with van der Waals surface area (Å²) in [7, 11) is 0. The van der Waals surface area contributed by atoms with E-state index in [4.69, 9.17) is 16.3 Å². The van der Waals surface area contributed by atoms with Crippen LogP contribution in [0.25, 0.3) is 0 Å². The molecule has 0 amide bonds. The molecule has 3 heteroatoms. The zero-order chi connectivity index (χ0) is 12.0. The van der Waals surface area contributed by atoms with Gasteiger partial charge in [-0.15, -0.1) is 0 Å². The molecule has 0 saturated heterocycles. The van der Waals surface area contributed by atoms with Crippen LogP contribution >= 0.6 is 11.6 Å². The van der Waals surface area contributed by atoms with Gasteiger partial charge in [-0.1, -0.05) is 37.6 Å². The third-order valence-corrected chi connectivity index (χ3v) is 2.48. The topological polar surface area (TPSA) is 26.3 Å². The van der Waals surface area contributed by atoms with Crippen molar-refractivity contribution < 1.29 is 9.53 Å². The lowest BCUT2D eigenvalue weighted by Gasteiger charge is -2.07. The molecule has 0 spiro atoms. The molecule has 0 fully saturated rings. The quantitative estimate of drug-likeness (QED) is 0.578. The number of carbonyl (C=O) groups is 1. The van der Waals surface area contributed by atoms with Crippen LogP contribution in [0.4, 0.5) is 0 Å². The van der Waals surface area contributed by atoms with E-state index in [-0.39, 0.29) is 0 Å². The highest BCUT2D eigenvalue weighted by Gasteiger charge is 2.10. The van der Waals surface area contributed by atoms with Crippen LogP contribution in [0.1, 0.15) is 37.0 Å². The van der Waals surface area contributed by atoms with Crippen molar-refractivity contribution in [1.29, 1.82) is 0 Å². The van der Waals surface area contributed by atoms with Crippen molar-refractivity contribution in [3.63, 3.8) is 0 Å². The van der Waals surface area contributed by atoms with Gasteiger partial charge in [-0.3, -0.25) is 0 Å². The molecule has 0 atom stereocenters. The first kappa shape index (κ1) is 13.0. The first-order chi connectivity index (χ1) is 7.61. The zero-order valence-electron chi connectivity index (χ0n) is 9.63. The van der Waals surface area contributed by atoms with Gasteiger partial charge in [0.05, 0.1) is 17.2 Å². The highest BCUT2D eigenvalue weighted by atomic mass is 35.5. The Morgan fingerprint density at radius 2 is 2.31 bits per heavy atom. The molecule has 1 radical (unpaired) electrons. The summed E-state index contributed by atoms with van der Waals surface area (Å²) in [4.78, 5) is 11.6. The van der Waals surface area contributed by atoms with Gasteiger partial charge >= 0.3 is 5.97 Å². The second kappa shape index (κ2) is 6.54. The molecule has 87 valence electrons. The van der Waals surface area contributed by atoms with Gasteiger partial charge in [-0.25, -0.2) is 4.79 Å². The Labute approximate surface area is 102 Å². The molecular weight excluding hydrogens is 224 g/mol. The van der Waals surface area contributed by atoms with Crippen molar-refractivity contribution in [3.05, 3.63) is 34.9 Å². The van der Waals surface area contributed by atoms with Crippen molar-refractivity contribution in [2.75, 3.05) is 6.61 Å². The molecule has 0 unspecified atom stereocenters. The van der Waals surface area contributed by atoms with Gasteiger partial charge in [0, 0.05) is 0 Å². The number of benzene rings is 1. The summed E-state index contributed by atoms with van der Waals surface area (Å²) < 4.78 is 5.10. The number of ether oxygens (including phenoxy) is 1. The minimum absolute atomic E-state index is 0.314. The number of esters is 1. The molecule has 0 aliphatic rings. The maximum absolute atomic E-state index is 11.6. The lowest BCUT2D eigenvalue weighted by atomic mass is 10.1. The van der Waals surface area contributed by atoms with Crippen LogP contribution in [0, 0.1) is 12.0 Å². The molecule has 0 saturated carbocycles. The van der Waals surface area contributed by atoms with E-state index in [0.717, 1.165) is 12.8 Å². The van der Waals surface area contributed by atoms with Crippen molar-refractivity contribution in [2.24, 2.45) is 5.92 Å². The highest BCUT2D eigenvalue weighted by molar-refractivity contribution is 6.33. The third kappa shape index (κ3) is 4.23. The van der Waals surface area contributed by atoms with E-state index in [1.165, 1.54) is 0 Å². The number of halogens is 1. The smallest absolute Gasteiger partial charge is 0.340 e. The average Bonchev–Trinajstić information content (AvgIpc) is 2.24. The van der Waals surface area contributed by atoms with Gasteiger partial charge in [-0.05, 0) is 30.9 Å². The fourth-order valence-corrected chi connectivity index (χ4v) is 1.51. The minimum Gasteiger partial charge on any atom is -0.462 e. The molecule has 1 rings (SSSR count). The molecule has 2 nitrogen and oxygen atoms in total. The van der Waals surface area contributed by atoms with E-state index in [1.54, 1.807) is 18.2 Å². The number of hydrogen-bond donors (Lipinski definition) is 0. The van der Waals surface area contributed by atoms with Gasteiger partial charge < -0.3 is 4.74 Å². The molecule has 1 aromatic rings. The summed E-state index contributed by atoms with van der Waals surface area (Å²) >= 11 is 5.85. The summed E-state index contributed by atoms with van der Waals surface area (Å²) in [6.45, 7) is 4.73. The van der Waals surface area contributed by atoms with E-state index in [0.29, 0.717) is 23.1 Å². The van der Waals surface area contributed by atoms with E-state index in [9.17, 15) is 4.79 Å². The molecule has 0 aromatic heterocycles. The normalized spacial score (nSPS) is 10.5. The summed E-state index contributed by atoms with van der Waals surface area (Å²) in [6.07, 6.45) is 1.94. The van der Waals surface area contributed by atoms with Crippen molar-refractivity contribution >= 4 is 17.6 Å². The summed E-state index contributed by atoms with van der Waals surface area (Å²) in [6, 6.07) is 7.82. The van der Waals surface area contributed by atoms with E-state index in [2.05, 4.69) is 19.9 Å². The molecule has 1 aromatic carbocycles. The summed E-state index contributed by atoms with van der Waals surface area (Å²) in [5, 5.41) is 0.386. The maximum atomic E-state index is 11.6. The molecule has 0 heterocycles. The third-order valence-electron chi connectivity index (χ3n) is 2.17. The Morgan fingerprint density at radius 1 is 1.56 bits per heavy atom. The molecule has 16 heavy (non-hydrogen) atoms.